The minimum atomic E-state index is -0.408. The van der Waals surface area contributed by atoms with E-state index in [1.165, 1.54) is 19.0 Å². The number of allylic oxidation sites excluding steroid dienone is 5. The fourth-order valence-electron chi connectivity index (χ4n) is 4.89. The second-order valence-electron chi connectivity index (χ2n) is 9.97. The van der Waals surface area contributed by atoms with Gasteiger partial charge in [-0.1, -0.05) is 42.3 Å². The van der Waals surface area contributed by atoms with Crippen LogP contribution in [-0.4, -0.2) is 47.7 Å². The first-order valence-electron chi connectivity index (χ1n) is 13.7. The molecule has 43 heavy (non-hydrogen) atoms. The quantitative estimate of drug-likeness (QED) is 0.246. The summed E-state index contributed by atoms with van der Waals surface area (Å²) >= 11 is 0. The molecule has 1 aliphatic heterocycles. The van der Waals surface area contributed by atoms with Gasteiger partial charge in [-0.2, -0.15) is 0 Å². The summed E-state index contributed by atoms with van der Waals surface area (Å²) in [5, 5.41) is 3.47. The molecule has 0 radical (unpaired) electrons. The maximum Gasteiger partial charge on any atom is 0.150 e. The summed E-state index contributed by atoms with van der Waals surface area (Å²) in [6.07, 6.45) is 31.6. The lowest BCUT2D eigenvalue weighted by atomic mass is 9.91. The average Bonchev–Trinajstić information content (AvgIpc) is 3.09. The van der Waals surface area contributed by atoms with Crippen LogP contribution in [0.15, 0.2) is 126 Å². The third kappa shape index (κ3) is 6.39. The second-order valence-corrected chi connectivity index (χ2v) is 9.97. The standard InChI is InChI=1S/C34H27N9/c1-3-6-26(11-23(2)29-14-35-20-36-15-29)32-41-33(27-9-4-7-24(12-27)30-16-37-21-38-17-30)43-34(42-32)28-10-5-8-25(13-28)31-18-39-22-40-19-31/h1,4-9,11-22,28,34H,10H2,2H3,(H,41,42,43)/b23-11+,26-6+. The summed E-state index contributed by atoms with van der Waals surface area (Å²) in [6.45, 7) is 1.99. The molecule has 1 aromatic carbocycles. The Balaban J connectivity index is 1.42. The molecule has 9 heteroatoms. The van der Waals surface area contributed by atoms with Gasteiger partial charge in [0.05, 0.1) is 0 Å². The lowest BCUT2D eigenvalue weighted by Crippen LogP contribution is -2.39. The van der Waals surface area contributed by atoms with E-state index in [1.54, 1.807) is 30.9 Å². The van der Waals surface area contributed by atoms with Crippen LogP contribution in [0, 0.1) is 18.3 Å². The number of terminal acetylenes is 1. The summed E-state index contributed by atoms with van der Waals surface area (Å²) in [5.74, 6) is 4.00. The molecule has 1 N–H and O–H groups in total. The first kappa shape index (κ1) is 27.3. The lowest BCUT2D eigenvalue weighted by Gasteiger charge is -2.27. The highest BCUT2D eigenvalue weighted by Gasteiger charge is 2.27. The molecule has 4 aromatic rings. The van der Waals surface area contributed by atoms with Gasteiger partial charge >= 0.3 is 0 Å². The molecule has 6 rings (SSSR count). The van der Waals surface area contributed by atoms with Crippen LogP contribution in [0.5, 0.6) is 0 Å². The molecule has 1 aliphatic carbocycles. The zero-order valence-corrected chi connectivity index (χ0v) is 23.4. The van der Waals surface area contributed by atoms with Gasteiger partial charge in [0.25, 0.3) is 0 Å². The number of aliphatic imine (C=N–C) groups is 2. The molecule has 2 aliphatic rings. The molecule has 2 unspecified atom stereocenters. The molecule has 0 bridgehead atoms. The Kier molecular flexibility index (Phi) is 8.09. The van der Waals surface area contributed by atoms with Gasteiger partial charge in [0, 0.05) is 70.9 Å². The monoisotopic (exact) mass is 561 g/mol. The molecule has 0 fully saturated rings. The van der Waals surface area contributed by atoms with Gasteiger partial charge in [-0.3, -0.25) is 0 Å². The molecule has 208 valence electrons. The van der Waals surface area contributed by atoms with Crippen molar-refractivity contribution in [1.29, 1.82) is 0 Å². The summed E-state index contributed by atoms with van der Waals surface area (Å²) in [7, 11) is 0. The zero-order chi connectivity index (χ0) is 29.4. The largest absolute Gasteiger partial charge is 0.324 e. The van der Waals surface area contributed by atoms with Crippen LogP contribution >= 0.6 is 0 Å². The van der Waals surface area contributed by atoms with Crippen LogP contribution in [0.3, 0.4) is 0 Å². The number of aromatic nitrogens is 6. The van der Waals surface area contributed by atoms with Crippen LogP contribution in [0.1, 0.15) is 30.0 Å². The van der Waals surface area contributed by atoms with Crippen LogP contribution < -0.4 is 5.32 Å². The van der Waals surface area contributed by atoms with E-state index in [4.69, 9.17) is 16.4 Å². The Morgan fingerprint density at radius 2 is 1.53 bits per heavy atom. The van der Waals surface area contributed by atoms with E-state index in [2.05, 4.69) is 65.4 Å². The Bertz CT molecular complexity index is 1830. The van der Waals surface area contributed by atoms with Crippen molar-refractivity contribution in [2.75, 3.05) is 0 Å². The summed E-state index contributed by atoms with van der Waals surface area (Å²) in [4.78, 5) is 35.3. The maximum absolute atomic E-state index is 5.80. The van der Waals surface area contributed by atoms with Crippen LogP contribution in [0.4, 0.5) is 0 Å². The summed E-state index contributed by atoms with van der Waals surface area (Å²) in [6, 6.07) is 8.12. The van der Waals surface area contributed by atoms with Gasteiger partial charge in [-0.05, 0) is 48.3 Å². The number of benzene rings is 1. The number of amidine groups is 2. The third-order valence-corrected chi connectivity index (χ3v) is 7.07. The van der Waals surface area contributed by atoms with Gasteiger partial charge in [0.2, 0.25) is 0 Å². The highest BCUT2D eigenvalue weighted by molar-refractivity contribution is 6.17. The van der Waals surface area contributed by atoms with Crippen molar-refractivity contribution in [2.45, 2.75) is 19.5 Å². The van der Waals surface area contributed by atoms with Gasteiger partial charge in [-0.15, -0.1) is 6.42 Å². The van der Waals surface area contributed by atoms with Crippen molar-refractivity contribution in [2.24, 2.45) is 15.9 Å². The Morgan fingerprint density at radius 3 is 2.26 bits per heavy atom. The summed E-state index contributed by atoms with van der Waals surface area (Å²) in [5.41, 5.74) is 7.37. The minimum Gasteiger partial charge on any atom is -0.324 e. The molecule has 0 saturated heterocycles. The highest BCUT2D eigenvalue weighted by Crippen LogP contribution is 2.30. The number of hydrogen-bond acceptors (Lipinski definition) is 9. The van der Waals surface area contributed by atoms with Crippen molar-refractivity contribution in [3.63, 3.8) is 0 Å². The number of rotatable bonds is 7. The van der Waals surface area contributed by atoms with Gasteiger partial charge in [0.1, 0.15) is 30.7 Å². The van der Waals surface area contributed by atoms with Crippen molar-refractivity contribution in [3.8, 4) is 23.5 Å². The molecule has 4 heterocycles. The van der Waals surface area contributed by atoms with E-state index in [9.17, 15) is 0 Å². The van der Waals surface area contributed by atoms with E-state index < -0.39 is 6.17 Å². The van der Waals surface area contributed by atoms with Crippen LogP contribution in [0.25, 0.3) is 22.3 Å². The molecule has 3 aromatic heterocycles. The van der Waals surface area contributed by atoms with Gasteiger partial charge in [-0.25, -0.2) is 39.9 Å². The van der Waals surface area contributed by atoms with E-state index in [1.807, 2.05) is 43.6 Å². The van der Waals surface area contributed by atoms with Crippen LogP contribution in [-0.2, 0) is 0 Å². The van der Waals surface area contributed by atoms with Crippen molar-refractivity contribution >= 4 is 22.8 Å². The molecular formula is C34H27N9. The first-order valence-corrected chi connectivity index (χ1v) is 13.7. The summed E-state index contributed by atoms with van der Waals surface area (Å²) < 4.78 is 0. The van der Waals surface area contributed by atoms with E-state index >= 15 is 0 Å². The number of nitrogens with zero attached hydrogens (tertiary/aromatic N) is 8. The molecule has 2 atom stereocenters. The van der Waals surface area contributed by atoms with Gasteiger partial charge in [0.15, 0.2) is 6.17 Å². The minimum absolute atomic E-state index is 0.00213. The zero-order valence-electron chi connectivity index (χ0n) is 23.4. The van der Waals surface area contributed by atoms with Crippen molar-refractivity contribution < 1.29 is 0 Å². The second kappa shape index (κ2) is 12.7. The predicted octanol–water partition coefficient (Wildman–Crippen LogP) is 5.12. The third-order valence-electron chi connectivity index (χ3n) is 7.07. The SMILES string of the molecule is C#C/C=C(\C=C(/C)c1cncnc1)C1=NC(C2C=C(c3cncnc3)C=CC2)N=C(c2cccc(-c3cncnc3)c2)N1. The van der Waals surface area contributed by atoms with E-state index in [0.717, 1.165) is 51.0 Å². The van der Waals surface area contributed by atoms with Crippen molar-refractivity contribution in [1.82, 2.24) is 35.2 Å². The average molecular weight is 562 g/mol. The first-order chi connectivity index (χ1) is 21.2. The normalized spacial score (nSPS) is 18.6. The van der Waals surface area contributed by atoms with E-state index in [0.29, 0.717) is 11.7 Å². The van der Waals surface area contributed by atoms with Gasteiger partial charge < -0.3 is 5.32 Å². The highest BCUT2D eigenvalue weighted by atomic mass is 15.2. The fourth-order valence-corrected chi connectivity index (χ4v) is 4.89. The molecule has 0 spiro atoms. The smallest absolute Gasteiger partial charge is 0.150 e. The molecule has 9 nitrogen and oxygen atoms in total. The predicted molar refractivity (Wildman–Crippen MR) is 168 cm³/mol. The Labute approximate surface area is 249 Å². The Morgan fingerprint density at radius 1 is 0.860 bits per heavy atom. The van der Waals surface area contributed by atoms with Crippen LogP contribution in [0.2, 0.25) is 0 Å². The van der Waals surface area contributed by atoms with E-state index in [-0.39, 0.29) is 5.92 Å². The topological polar surface area (TPSA) is 114 Å². The Hall–Kier alpha value is -5.88. The number of nitrogens with one attached hydrogen (secondary N) is 1. The fraction of sp³-hybridized carbons (Fsp3) is 0.118. The molecular weight excluding hydrogens is 534 g/mol. The molecule has 0 saturated carbocycles. The lowest BCUT2D eigenvalue weighted by molar-refractivity contribution is 0.518. The van der Waals surface area contributed by atoms with Crippen molar-refractivity contribution in [3.05, 3.63) is 133 Å². The number of hydrogen-bond donors (Lipinski definition) is 1. The maximum atomic E-state index is 5.80. The molecule has 0 amide bonds.